The number of halogens is 1. The van der Waals surface area contributed by atoms with Crippen molar-refractivity contribution < 1.29 is 13.2 Å². The fraction of sp³-hybridized carbons (Fsp3) is 1.00. The van der Waals surface area contributed by atoms with Gasteiger partial charge in [-0.3, -0.25) is 0 Å². The smallest absolute Gasteiger partial charge is 0.213 e. The van der Waals surface area contributed by atoms with Gasteiger partial charge >= 0.3 is 0 Å². The van der Waals surface area contributed by atoms with Gasteiger partial charge in [0, 0.05) is 18.5 Å². The van der Waals surface area contributed by atoms with Gasteiger partial charge in [-0.2, -0.15) is 0 Å². The number of hydrogen-bond donors (Lipinski definition) is 1. The Labute approximate surface area is 84.7 Å². The van der Waals surface area contributed by atoms with Crippen molar-refractivity contribution in [2.45, 2.75) is 19.9 Å². The SMILES string of the molecule is CCOCC(C)NS(=O)(=O)CCCl. The minimum absolute atomic E-state index is 0.0506. The van der Waals surface area contributed by atoms with Gasteiger partial charge in [0.15, 0.2) is 0 Å². The molecular formula is C7H16ClNO3S. The van der Waals surface area contributed by atoms with Gasteiger partial charge in [-0.1, -0.05) is 0 Å². The van der Waals surface area contributed by atoms with Gasteiger partial charge in [-0.15, -0.1) is 11.6 Å². The number of hydrogen-bond acceptors (Lipinski definition) is 3. The topological polar surface area (TPSA) is 55.4 Å². The van der Waals surface area contributed by atoms with E-state index >= 15 is 0 Å². The van der Waals surface area contributed by atoms with Gasteiger partial charge in [-0.05, 0) is 13.8 Å². The molecule has 13 heavy (non-hydrogen) atoms. The molecule has 0 heterocycles. The molecule has 0 aromatic heterocycles. The monoisotopic (exact) mass is 229 g/mol. The Hall–Kier alpha value is 0.160. The summed E-state index contributed by atoms with van der Waals surface area (Å²) in [6.45, 7) is 4.58. The molecule has 0 aliphatic heterocycles. The third kappa shape index (κ3) is 7.25. The van der Waals surface area contributed by atoms with Gasteiger partial charge in [0.05, 0.1) is 12.4 Å². The maximum absolute atomic E-state index is 11.2. The van der Waals surface area contributed by atoms with E-state index in [1.54, 1.807) is 6.92 Å². The number of alkyl halides is 1. The molecule has 0 spiro atoms. The molecule has 1 unspecified atom stereocenters. The van der Waals surface area contributed by atoms with Crippen LogP contribution in [-0.2, 0) is 14.8 Å². The summed E-state index contributed by atoms with van der Waals surface area (Å²) in [6.07, 6.45) is 0. The third-order valence-corrected chi connectivity index (χ3v) is 3.21. The molecule has 0 amide bonds. The van der Waals surface area contributed by atoms with Crippen LogP contribution in [0, 0.1) is 0 Å². The van der Waals surface area contributed by atoms with Gasteiger partial charge in [0.1, 0.15) is 0 Å². The summed E-state index contributed by atoms with van der Waals surface area (Å²) in [6, 6.07) is -0.201. The van der Waals surface area contributed by atoms with Gasteiger partial charge < -0.3 is 4.74 Å². The first-order chi connectivity index (χ1) is 6.02. The Morgan fingerprint density at radius 3 is 2.62 bits per heavy atom. The van der Waals surface area contributed by atoms with Crippen LogP contribution in [0.4, 0.5) is 0 Å². The summed E-state index contributed by atoms with van der Waals surface area (Å²) in [5.74, 6) is 0.0573. The molecule has 0 saturated heterocycles. The standard InChI is InChI=1S/C7H16ClNO3S/c1-3-12-6-7(2)9-13(10,11)5-4-8/h7,9H,3-6H2,1-2H3. The number of sulfonamides is 1. The van der Waals surface area contributed by atoms with Crippen molar-refractivity contribution in [2.24, 2.45) is 0 Å². The highest BCUT2D eigenvalue weighted by Gasteiger charge is 2.13. The Bertz CT molecular complexity index is 218. The number of rotatable bonds is 7. The van der Waals surface area contributed by atoms with Crippen LogP contribution >= 0.6 is 11.6 Å². The van der Waals surface area contributed by atoms with Gasteiger partial charge in [0.25, 0.3) is 0 Å². The molecule has 0 aliphatic rings. The third-order valence-electron chi connectivity index (χ3n) is 1.30. The second-order valence-corrected chi connectivity index (χ2v) is 4.94. The van der Waals surface area contributed by atoms with E-state index in [1.807, 2.05) is 6.92 Å². The molecule has 0 radical (unpaired) electrons. The van der Waals surface area contributed by atoms with E-state index in [4.69, 9.17) is 16.3 Å². The summed E-state index contributed by atoms with van der Waals surface area (Å²) < 4.78 is 29.8. The zero-order chi connectivity index (χ0) is 10.3. The second kappa shape index (κ2) is 6.59. The van der Waals surface area contributed by atoms with Crippen LogP contribution in [0.3, 0.4) is 0 Å². The molecule has 0 aromatic carbocycles. The fourth-order valence-electron chi connectivity index (χ4n) is 0.796. The minimum atomic E-state index is -3.22. The average molecular weight is 230 g/mol. The molecular weight excluding hydrogens is 214 g/mol. The summed E-state index contributed by atoms with van der Waals surface area (Å²) in [4.78, 5) is 0. The van der Waals surface area contributed by atoms with Crippen LogP contribution in [-0.4, -0.2) is 39.3 Å². The first-order valence-electron chi connectivity index (χ1n) is 4.15. The van der Waals surface area contributed by atoms with Gasteiger partial charge in [-0.25, -0.2) is 13.1 Å². The predicted octanol–water partition coefficient (Wildman–Crippen LogP) is 0.570. The maximum atomic E-state index is 11.2. The van der Waals surface area contributed by atoms with Crippen molar-refractivity contribution in [3.63, 3.8) is 0 Å². The Balaban J connectivity index is 3.82. The quantitative estimate of drug-likeness (QED) is 0.650. The summed E-state index contributed by atoms with van der Waals surface area (Å²) in [5, 5.41) is 0. The van der Waals surface area contributed by atoms with E-state index in [9.17, 15) is 8.42 Å². The van der Waals surface area contributed by atoms with Crippen molar-refractivity contribution >= 4 is 21.6 Å². The molecule has 1 N–H and O–H groups in total. The van der Waals surface area contributed by atoms with Crippen molar-refractivity contribution in [2.75, 3.05) is 24.8 Å². The highest BCUT2D eigenvalue weighted by atomic mass is 35.5. The maximum Gasteiger partial charge on any atom is 0.213 e. The summed E-state index contributed by atoms with van der Waals surface area (Å²) in [5.41, 5.74) is 0. The first kappa shape index (κ1) is 13.2. The second-order valence-electron chi connectivity index (χ2n) is 2.69. The van der Waals surface area contributed by atoms with Crippen LogP contribution in [0.15, 0.2) is 0 Å². The number of nitrogens with one attached hydrogen (secondary N) is 1. The van der Waals surface area contributed by atoms with E-state index in [1.165, 1.54) is 0 Å². The molecule has 80 valence electrons. The minimum Gasteiger partial charge on any atom is -0.380 e. The normalized spacial score (nSPS) is 14.4. The van der Waals surface area contributed by atoms with E-state index in [0.29, 0.717) is 13.2 Å². The van der Waals surface area contributed by atoms with E-state index in [2.05, 4.69) is 4.72 Å². The lowest BCUT2D eigenvalue weighted by atomic mass is 10.4. The number of ether oxygens (including phenoxy) is 1. The van der Waals surface area contributed by atoms with Gasteiger partial charge in [0.2, 0.25) is 10.0 Å². The van der Waals surface area contributed by atoms with Crippen molar-refractivity contribution in [1.29, 1.82) is 0 Å². The lowest BCUT2D eigenvalue weighted by molar-refractivity contribution is 0.133. The van der Waals surface area contributed by atoms with Crippen LogP contribution in [0.5, 0.6) is 0 Å². The van der Waals surface area contributed by atoms with Crippen molar-refractivity contribution in [3.05, 3.63) is 0 Å². The Morgan fingerprint density at radius 2 is 2.15 bits per heavy atom. The Kier molecular flexibility index (Phi) is 6.67. The highest BCUT2D eigenvalue weighted by molar-refractivity contribution is 7.89. The molecule has 1 atom stereocenters. The van der Waals surface area contributed by atoms with Crippen molar-refractivity contribution in [3.8, 4) is 0 Å². The fourth-order valence-corrected chi connectivity index (χ4v) is 2.41. The van der Waals surface area contributed by atoms with Crippen molar-refractivity contribution in [1.82, 2.24) is 4.72 Å². The summed E-state index contributed by atoms with van der Waals surface area (Å²) in [7, 11) is -3.22. The average Bonchev–Trinajstić information content (AvgIpc) is 1.99. The van der Waals surface area contributed by atoms with E-state index in [0.717, 1.165) is 0 Å². The van der Waals surface area contributed by atoms with Crippen LogP contribution in [0.25, 0.3) is 0 Å². The highest BCUT2D eigenvalue weighted by Crippen LogP contribution is 1.92. The molecule has 4 nitrogen and oxygen atoms in total. The molecule has 0 bridgehead atoms. The molecule has 0 aromatic rings. The lowest BCUT2D eigenvalue weighted by Gasteiger charge is -2.12. The first-order valence-corrected chi connectivity index (χ1v) is 6.34. The zero-order valence-electron chi connectivity index (χ0n) is 7.92. The van der Waals surface area contributed by atoms with E-state index < -0.39 is 10.0 Å². The van der Waals surface area contributed by atoms with E-state index in [-0.39, 0.29) is 17.7 Å². The predicted molar refractivity (Wildman–Crippen MR) is 53.6 cm³/mol. The van der Waals surface area contributed by atoms with Crippen LogP contribution < -0.4 is 4.72 Å². The molecule has 0 rings (SSSR count). The Morgan fingerprint density at radius 1 is 1.54 bits per heavy atom. The zero-order valence-corrected chi connectivity index (χ0v) is 9.49. The molecule has 0 saturated carbocycles. The summed E-state index contributed by atoms with van der Waals surface area (Å²) >= 11 is 5.32. The molecule has 0 fully saturated rings. The lowest BCUT2D eigenvalue weighted by Crippen LogP contribution is -2.37. The largest absolute Gasteiger partial charge is 0.380 e. The van der Waals surface area contributed by atoms with Crippen LogP contribution in [0.1, 0.15) is 13.8 Å². The van der Waals surface area contributed by atoms with Crippen LogP contribution in [0.2, 0.25) is 0 Å². The molecule has 0 aliphatic carbocycles. The molecule has 6 heteroatoms.